The van der Waals surface area contributed by atoms with Crippen molar-refractivity contribution in [2.45, 2.75) is 25.8 Å². The first kappa shape index (κ1) is 11.0. The Bertz CT molecular complexity index is 322. The topological polar surface area (TPSA) is 12.0 Å². The van der Waals surface area contributed by atoms with Gasteiger partial charge < -0.3 is 5.32 Å². The van der Waals surface area contributed by atoms with Crippen LogP contribution in [-0.4, -0.2) is 18.6 Å². The van der Waals surface area contributed by atoms with E-state index in [2.05, 4.69) is 29.8 Å². The second kappa shape index (κ2) is 5.57. The molecule has 0 bridgehead atoms. The summed E-state index contributed by atoms with van der Waals surface area (Å²) >= 11 is 1.89. The van der Waals surface area contributed by atoms with Crippen molar-refractivity contribution in [3.63, 3.8) is 0 Å². The standard InChI is InChI=1S/C13H19NS/c1-15-8-7-14-10-11-5-6-12-3-2-4-13(12)9-11/h5-6,9,14H,2-4,7-8,10H2,1H3. The van der Waals surface area contributed by atoms with Crippen LogP contribution < -0.4 is 5.32 Å². The van der Waals surface area contributed by atoms with E-state index in [0.717, 1.165) is 13.1 Å². The third-order valence-corrected chi connectivity index (χ3v) is 3.59. The molecule has 0 fully saturated rings. The largest absolute Gasteiger partial charge is 0.312 e. The van der Waals surface area contributed by atoms with E-state index in [-0.39, 0.29) is 0 Å². The van der Waals surface area contributed by atoms with Crippen LogP contribution in [0.4, 0.5) is 0 Å². The lowest BCUT2D eigenvalue weighted by Gasteiger charge is -2.06. The molecule has 1 aliphatic rings. The average Bonchev–Trinajstić information content (AvgIpc) is 2.71. The zero-order chi connectivity index (χ0) is 10.5. The summed E-state index contributed by atoms with van der Waals surface area (Å²) in [6, 6.07) is 6.97. The Balaban J connectivity index is 1.87. The highest BCUT2D eigenvalue weighted by atomic mass is 32.2. The fourth-order valence-corrected chi connectivity index (χ4v) is 2.49. The summed E-state index contributed by atoms with van der Waals surface area (Å²) in [5.41, 5.74) is 4.60. The summed E-state index contributed by atoms with van der Waals surface area (Å²) in [5.74, 6) is 1.20. The summed E-state index contributed by atoms with van der Waals surface area (Å²) in [7, 11) is 0. The normalized spacial score (nSPS) is 14.2. The summed E-state index contributed by atoms with van der Waals surface area (Å²) in [4.78, 5) is 0. The molecule has 15 heavy (non-hydrogen) atoms. The van der Waals surface area contributed by atoms with Crippen LogP contribution in [-0.2, 0) is 19.4 Å². The molecule has 0 heterocycles. The smallest absolute Gasteiger partial charge is 0.0205 e. The number of benzene rings is 1. The minimum atomic E-state index is 1.02. The zero-order valence-electron chi connectivity index (χ0n) is 9.38. The summed E-state index contributed by atoms with van der Waals surface area (Å²) < 4.78 is 0. The molecule has 1 aliphatic carbocycles. The first-order valence-electron chi connectivity index (χ1n) is 5.70. The summed E-state index contributed by atoms with van der Waals surface area (Å²) in [5, 5.41) is 3.47. The molecule has 82 valence electrons. The van der Waals surface area contributed by atoms with Gasteiger partial charge in [0.25, 0.3) is 0 Å². The van der Waals surface area contributed by atoms with Gasteiger partial charge in [-0.05, 0) is 42.2 Å². The molecular formula is C13H19NS. The number of thioether (sulfide) groups is 1. The Hall–Kier alpha value is -0.470. The van der Waals surface area contributed by atoms with Crippen LogP contribution in [0, 0.1) is 0 Å². The van der Waals surface area contributed by atoms with Gasteiger partial charge in [-0.25, -0.2) is 0 Å². The van der Waals surface area contributed by atoms with Gasteiger partial charge in [-0.1, -0.05) is 18.2 Å². The van der Waals surface area contributed by atoms with Crippen LogP contribution in [0.15, 0.2) is 18.2 Å². The highest BCUT2D eigenvalue weighted by Crippen LogP contribution is 2.22. The van der Waals surface area contributed by atoms with Crippen LogP contribution >= 0.6 is 11.8 Å². The molecule has 0 atom stereocenters. The van der Waals surface area contributed by atoms with Crippen molar-refractivity contribution in [1.29, 1.82) is 0 Å². The number of aryl methyl sites for hydroxylation is 2. The van der Waals surface area contributed by atoms with Crippen molar-refractivity contribution in [2.24, 2.45) is 0 Å². The van der Waals surface area contributed by atoms with E-state index in [9.17, 15) is 0 Å². The summed E-state index contributed by atoms with van der Waals surface area (Å²) in [6.45, 7) is 2.13. The maximum Gasteiger partial charge on any atom is 0.0205 e. The predicted octanol–water partition coefficient (Wildman–Crippen LogP) is 2.63. The fourth-order valence-electron chi connectivity index (χ4n) is 2.14. The molecule has 0 amide bonds. The highest BCUT2D eigenvalue weighted by molar-refractivity contribution is 7.98. The van der Waals surface area contributed by atoms with Gasteiger partial charge in [-0.15, -0.1) is 0 Å². The zero-order valence-corrected chi connectivity index (χ0v) is 10.2. The number of rotatable bonds is 5. The molecule has 0 aliphatic heterocycles. The fraction of sp³-hybridized carbons (Fsp3) is 0.538. The highest BCUT2D eigenvalue weighted by Gasteiger charge is 2.10. The molecule has 2 heteroatoms. The molecule has 2 rings (SSSR count). The minimum Gasteiger partial charge on any atom is -0.312 e. The van der Waals surface area contributed by atoms with Gasteiger partial charge in [0.05, 0.1) is 0 Å². The second-order valence-electron chi connectivity index (χ2n) is 4.13. The van der Waals surface area contributed by atoms with Crippen LogP contribution in [0.1, 0.15) is 23.1 Å². The summed E-state index contributed by atoms with van der Waals surface area (Å²) in [6.07, 6.45) is 6.07. The Morgan fingerprint density at radius 3 is 3.00 bits per heavy atom. The van der Waals surface area contributed by atoms with E-state index < -0.39 is 0 Å². The van der Waals surface area contributed by atoms with E-state index in [1.54, 1.807) is 11.1 Å². The Morgan fingerprint density at radius 1 is 1.27 bits per heavy atom. The van der Waals surface area contributed by atoms with E-state index in [1.807, 2.05) is 11.8 Å². The molecule has 0 aromatic heterocycles. The third-order valence-electron chi connectivity index (χ3n) is 2.97. The number of fused-ring (bicyclic) bond motifs is 1. The first-order valence-corrected chi connectivity index (χ1v) is 7.10. The second-order valence-corrected chi connectivity index (χ2v) is 5.11. The van der Waals surface area contributed by atoms with Crippen LogP contribution in [0.5, 0.6) is 0 Å². The van der Waals surface area contributed by atoms with Crippen molar-refractivity contribution < 1.29 is 0 Å². The lowest BCUT2D eigenvalue weighted by atomic mass is 10.1. The van der Waals surface area contributed by atoms with Crippen molar-refractivity contribution >= 4 is 11.8 Å². The Labute approximate surface area is 96.7 Å². The predicted molar refractivity (Wildman–Crippen MR) is 68.6 cm³/mol. The van der Waals surface area contributed by atoms with E-state index >= 15 is 0 Å². The van der Waals surface area contributed by atoms with Crippen LogP contribution in [0.3, 0.4) is 0 Å². The lowest BCUT2D eigenvalue weighted by Crippen LogP contribution is -2.16. The van der Waals surface area contributed by atoms with Gasteiger partial charge in [0.1, 0.15) is 0 Å². The van der Waals surface area contributed by atoms with Gasteiger partial charge in [0.15, 0.2) is 0 Å². The maximum absolute atomic E-state index is 3.47. The van der Waals surface area contributed by atoms with E-state index in [1.165, 1.54) is 30.6 Å². The minimum absolute atomic E-state index is 1.02. The van der Waals surface area contributed by atoms with Crippen molar-refractivity contribution in [2.75, 3.05) is 18.6 Å². The molecule has 0 radical (unpaired) electrons. The molecule has 0 spiro atoms. The number of nitrogens with one attached hydrogen (secondary N) is 1. The van der Waals surface area contributed by atoms with Crippen molar-refractivity contribution in [3.8, 4) is 0 Å². The van der Waals surface area contributed by atoms with Gasteiger partial charge >= 0.3 is 0 Å². The molecular weight excluding hydrogens is 202 g/mol. The van der Waals surface area contributed by atoms with Gasteiger partial charge in [-0.3, -0.25) is 0 Å². The molecule has 0 saturated heterocycles. The van der Waals surface area contributed by atoms with Crippen molar-refractivity contribution in [3.05, 3.63) is 34.9 Å². The number of hydrogen-bond donors (Lipinski definition) is 1. The van der Waals surface area contributed by atoms with E-state index in [4.69, 9.17) is 0 Å². The Morgan fingerprint density at radius 2 is 2.13 bits per heavy atom. The molecule has 1 aromatic carbocycles. The average molecular weight is 221 g/mol. The first-order chi connectivity index (χ1) is 7.40. The quantitative estimate of drug-likeness (QED) is 0.767. The molecule has 0 unspecified atom stereocenters. The molecule has 1 nitrogen and oxygen atoms in total. The third kappa shape index (κ3) is 2.99. The van der Waals surface area contributed by atoms with Gasteiger partial charge in [0, 0.05) is 18.8 Å². The van der Waals surface area contributed by atoms with E-state index in [0.29, 0.717) is 0 Å². The Kier molecular flexibility index (Phi) is 4.09. The van der Waals surface area contributed by atoms with Crippen LogP contribution in [0.2, 0.25) is 0 Å². The monoisotopic (exact) mass is 221 g/mol. The number of hydrogen-bond acceptors (Lipinski definition) is 2. The SMILES string of the molecule is CSCCNCc1ccc2c(c1)CCC2. The molecule has 1 aromatic rings. The van der Waals surface area contributed by atoms with Crippen LogP contribution in [0.25, 0.3) is 0 Å². The van der Waals surface area contributed by atoms with Gasteiger partial charge in [0.2, 0.25) is 0 Å². The van der Waals surface area contributed by atoms with Gasteiger partial charge in [-0.2, -0.15) is 11.8 Å². The molecule has 1 N–H and O–H groups in total. The molecule has 0 saturated carbocycles. The maximum atomic E-state index is 3.47. The lowest BCUT2D eigenvalue weighted by molar-refractivity contribution is 0.731. The van der Waals surface area contributed by atoms with Crippen molar-refractivity contribution in [1.82, 2.24) is 5.32 Å².